The summed E-state index contributed by atoms with van der Waals surface area (Å²) in [6.07, 6.45) is 5.54. The van der Waals surface area contributed by atoms with E-state index in [-0.39, 0.29) is 0 Å². The van der Waals surface area contributed by atoms with Crippen LogP contribution in [0.15, 0.2) is 29.4 Å². The normalized spacial score (nSPS) is 13.8. The maximum absolute atomic E-state index is 6.01. The highest BCUT2D eigenvalue weighted by atomic mass is 35.5. The van der Waals surface area contributed by atoms with Crippen LogP contribution in [-0.2, 0) is 25.0 Å². The monoisotopic (exact) mass is 482 g/mol. The van der Waals surface area contributed by atoms with Gasteiger partial charge in [0.2, 0.25) is 0 Å². The standard InChI is InChI=1S/C21H19ClN8S2/c1-2-16-23-20-18(14-5-3-4-6-15(14)32-20)19-25-26-21(29(16)19)31-11-17-24-27-28-30(17)13-9-7-12(22)8-10-13/h7-10H,2-6,11H2,1H3. The van der Waals surface area contributed by atoms with Gasteiger partial charge >= 0.3 is 0 Å². The van der Waals surface area contributed by atoms with Gasteiger partial charge in [0.1, 0.15) is 10.7 Å². The Balaban J connectivity index is 1.38. The van der Waals surface area contributed by atoms with Crippen LogP contribution in [0.25, 0.3) is 21.6 Å². The van der Waals surface area contributed by atoms with Crippen LogP contribution in [-0.4, -0.2) is 39.8 Å². The van der Waals surface area contributed by atoms with Crippen LogP contribution in [0, 0.1) is 0 Å². The number of halogens is 1. The minimum Gasteiger partial charge on any atom is -0.257 e. The molecule has 162 valence electrons. The number of thiophene rings is 1. The van der Waals surface area contributed by atoms with Crippen LogP contribution in [0.5, 0.6) is 0 Å². The Morgan fingerprint density at radius 2 is 1.91 bits per heavy atom. The Morgan fingerprint density at radius 3 is 2.75 bits per heavy atom. The molecule has 0 aliphatic heterocycles. The molecule has 0 atom stereocenters. The van der Waals surface area contributed by atoms with E-state index in [0.717, 1.165) is 52.2 Å². The van der Waals surface area contributed by atoms with Crippen molar-refractivity contribution < 1.29 is 0 Å². The van der Waals surface area contributed by atoms with E-state index in [9.17, 15) is 0 Å². The van der Waals surface area contributed by atoms with Gasteiger partial charge < -0.3 is 0 Å². The molecule has 0 unspecified atom stereocenters. The molecule has 0 saturated carbocycles. The molecule has 0 bridgehead atoms. The molecular weight excluding hydrogens is 464 g/mol. The van der Waals surface area contributed by atoms with Crippen molar-refractivity contribution >= 4 is 50.6 Å². The summed E-state index contributed by atoms with van der Waals surface area (Å²) in [5.41, 5.74) is 3.21. The molecular formula is C21H19ClN8S2. The smallest absolute Gasteiger partial charge is 0.197 e. The van der Waals surface area contributed by atoms with Gasteiger partial charge in [0.15, 0.2) is 16.6 Å². The predicted octanol–water partition coefficient (Wildman–Crippen LogP) is 4.70. The number of fused-ring (bicyclic) bond motifs is 5. The zero-order valence-corrected chi connectivity index (χ0v) is 19.7. The third-order valence-electron chi connectivity index (χ3n) is 5.75. The summed E-state index contributed by atoms with van der Waals surface area (Å²) in [5, 5.41) is 24.0. The van der Waals surface area contributed by atoms with E-state index in [0.29, 0.717) is 10.8 Å². The van der Waals surface area contributed by atoms with Crippen molar-refractivity contribution in [2.24, 2.45) is 0 Å². The topological polar surface area (TPSA) is 86.7 Å². The molecule has 1 aromatic carbocycles. The molecule has 5 aromatic rings. The molecule has 32 heavy (non-hydrogen) atoms. The minimum atomic E-state index is 0.555. The maximum Gasteiger partial charge on any atom is 0.197 e. The Morgan fingerprint density at radius 1 is 1.06 bits per heavy atom. The van der Waals surface area contributed by atoms with Crippen molar-refractivity contribution in [2.75, 3.05) is 0 Å². The molecule has 0 saturated heterocycles. The van der Waals surface area contributed by atoms with Gasteiger partial charge in [-0.05, 0) is 65.9 Å². The Hall–Kier alpha value is -2.56. The molecule has 0 N–H and O–H groups in total. The number of rotatable bonds is 5. The van der Waals surface area contributed by atoms with E-state index >= 15 is 0 Å². The molecule has 4 aromatic heterocycles. The number of nitrogens with zero attached hydrogens (tertiary/aromatic N) is 8. The van der Waals surface area contributed by atoms with Crippen LogP contribution >= 0.6 is 34.7 Å². The zero-order chi connectivity index (χ0) is 21.7. The van der Waals surface area contributed by atoms with Gasteiger partial charge in [-0.25, -0.2) is 4.98 Å². The summed E-state index contributed by atoms with van der Waals surface area (Å²) >= 11 is 9.41. The average molecular weight is 483 g/mol. The molecule has 0 radical (unpaired) electrons. The van der Waals surface area contributed by atoms with Gasteiger partial charge in [0.25, 0.3) is 0 Å². The van der Waals surface area contributed by atoms with Gasteiger partial charge in [-0.3, -0.25) is 4.40 Å². The van der Waals surface area contributed by atoms with E-state index in [2.05, 4.69) is 37.0 Å². The van der Waals surface area contributed by atoms with Crippen LogP contribution in [0.3, 0.4) is 0 Å². The first kappa shape index (κ1) is 20.1. The van der Waals surface area contributed by atoms with E-state index in [1.807, 2.05) is 35.6 Å². The number of aromatic nitrogens is 8. The van der Waals surface area contributed by atoms with Crippen molar-refractivity contribution in [3.05, 3.63) is 51.4 Å². The van der Waals surface area contributed by atoms with Crippen molar-refractivity contribution in [1.29, 1.82) is 0 Å². The van der Waals surface area contributed by atoms with Crippen molar-refractivity contribution in [3.8, 4) is 5.69 Å². The first-order valence-corrected chi connectivity index (χ1v) is 12.7. The third kappa shape index (κ3) is 3.28. The number of tetrazole rings is 1. The fraction of sp³-hybridized carbons (Fsp3) is 0.333. The second-order valence-corrected chi connectivity index (χ2v) is 10.1. The molecule has 1 aliphatic carbocycles. The molecule has 0 amide bonds. The Kier molecular flexibility index (Phi) is 5.08. The number of benzene rings is 1. The maximum atomic E-state index is 6.01. The van der Waals surface area contributed by atoms with Gasteiger partial charge in [-0.15, -0.1) is 26.6 Å². The van der Waals surface area contributed by atoms with Gasteiger partial charge in [0.05, 0.1) is 16.8 Å². The highest BCUT2D eigenvalue weighted by molar-refractivity contribution is 7.98. The lowest BCUT2D eigenvalue weighted by Crippen LogP contribution is -2.04. The lowest BCUT2D eigenvalue weighted by Gasteiger charge is -2.11. The minimum absolute atomic E-state index is 0.555. The van der Waals surface area contributed by atoms with E-state index in [1.54, 1.807) is 16.4 Å². The summed E-state index contributed by atoms with van der Waals surface area (Å²) in [6, 6.07) is 7.45. The van der Waals surface area contributed by atoms with Crippen LogP contribution in [0.2, 0.25) is 5.02 Å². The summed E-state index contributed by atoms with van der Waals surface area (Å²) < 4.78 is 3.84. The first-order chi connectivity index (χ1) is 15.7. The molecule has 11 heteroatoms. The predicted molar refractivity (Wildman–Crippen MR) is 126 cm³/mol. The fourth-order valence-electron chi connectivity index (χ4n) is 4.23. The van der Waals surface area contributed by atoms with Crippen LogP contribution in [0.1, 0.15) is 41.9 Å². The van der Waals surface area contributed by atoms with Crippen LogP contribution in [0.4, 0.5) is 0 Å². The SMILES string of the molecule is CCc1nc2sc3c(c2c2nnc(SCc4nnnn4-c4ccc(Cl)cc4)n12)CCCC3. The summed E-state index contributed by atoms with van der Waals surface area (Å²) in [4.78, 5) is 7.57. The second-order valence-electron chi connectivity index (χ2n) is 7.69. The summed E-state index contributed by atoms with van der Waals surface area (Å²) in [7, 11) is 0. The molecule has 0 spiro atoms. The lowest BCUT2D eigenvalue weighted by molar-refractivity contribution is 0.700. The van der Waals surface area contributed by atoms with Gasteiger partial charge in [-0.2, -0.15) is 4.68 Å². The van der Waals surface area contributed by atoms with E-state index in [4.69, 9.17) is 16.6 Å². The largest absolute Gasteiger partial charge is 0.257 e. The third-order valence-corrected chi connectivity index (χ3v) is 8.11. The first-order valence-electron chi connectivity index (χ1n) is 10.6. The zero-order valence-electron chi connectivity index (χ0n) is 17.3. The summed E-state index contributed by atoms with van der Waals surface area (Å²) in [6.45, 7) is 2.12. The highest BCUT2D eigenvalue weighted by Gasteiger charge is 2.23. The molecule has 6 rings (SSSR count). The number of hydrogen-bond acceptors (Lipinski definition) is 8. The van der Waals surface area contributed by atoms with Crippen LogP contribution < -0.4 is 0 Å². The number of thioether (sulfide) groups is 1. The molecule has 4 heterocycles. The van der Waals surface area contributed by atoms with E-state index < -0.39 is 0 Å². The number of aryl methyl sites for hydroxylation is 3. The Labute approximate surface area is 197 Å². The fourth-order valence-corrected chi connectivity index (χ4v) is 6.49. The van der Waals surface area contributed by atoms with E-state index in [1.165, 1.54) is 28.7 Å². The van der Waals surface area contributed by atoms with Gasteiger partial charge in [-0.1, -0.05) is 30.3 Å². The van der Waals surface area contributed by atoms with Crippen molar-refractivity contribution in [2.45, 2.75) is 49.9 Å². The molecule has 1 aliphatic rings. The lowest BCUT2D eigenvalue weighted by atomic mass is 9.97. The molecule has 0 fully saturated rings. The highest BCUT2D eigenvalue weighted by Crippen LogP contribution is 2.38. The number of hydrogen-bond donors (Lipinski definition) is 0. The average Bonchev–Trinajstić information content (AvgIpc) is 3.53. The quantitative estimate of drug-likeness (QED) is 0.335. The van der Waals surface area contributed by atoms with Gasteiger partial charge in [0, 0.05) is 16.3 Å². The second kappa shape index (κ2) is 8.09. The molecule has 8 nitrogen and oxygen atoms in total. The summed E-state index contributed by atoms with van der Waals surface area (Å²) in [5.74, 6) is 2.27. The van der Waals surface area contributed by atoms with Crippen molar-refractivity contribution in [3.63, 3.8) is 0 Å². The van der Waals surface area contributed by atoms with Crippen molar-refractivity contribution in [1.82, 2.24) is 39.8 Å². The Bertz CT molecular complexity index is 1440.